The number of aromatic nitrogens is 3. The number of para-hydroxylation sites is 1. The Morgan fingerprint density at radius 1 is 1.10 bits per heavy atom. The van der Waals surface area contributed by atoms with E-state index in [1.54, 1.807) is 48.5 Å². The minimum atomic E-state index is -5.08. The van der Waals surface area contributed by atoms with E-state index in [1.165, 1.54) is 25.3 Å². The maximum Gasteiger partial charge on any atom is 0.490 e. The van der Waals surface area contributed by atoms with Gasteiger partial charge < -0.3 is 20.7 Å². The Kier molecular flexibility index (Phi) is 9.47. The number of carboxylic acids is 2. The number of methoxy groups -OCH3 is 1. The van der Waals surface area contributed by atoms with Gasteiger partial charge in [-0.1, -0.05) is 42.5 Å². The smallest absolute Gasteiger partial charge is 0.490 e. The summed E-state index contributed by atoms with van der Waals surface area (Å²) in [4.78, 5) is 36.0. The number of aromatic amines is 1. The third kappa shape index (κ3) is 7.38. The number of nitrogen functional groups attached to an aromatic ring is 1. The van der Waals surface area contributed by atoms with Gasteiger partial charge >= 0.3 is 23.8 Å². The first kappa shape index (κ1) is 31.1. The van der Waals surface area contributed by atoms with Crippen LogP contribution in [0.5, 0.6) is 5.75 Å². The summed E-state index contributed by atoms with van der Waals surface area (Å²) in [5, 5.41) is 28.6. The number of H-pyrrole nitrogens is 1. The number of benzene rings is 3. The molecule has 0 spiro atoms. The van der Waals surface area contributed by atoms with Crippen LogP contribution in [0, 0.1) is 11.2 Å². The molecule has 0 saturated heterocycles. The number of nitrogens with two attached hydrogens (primary N) is 1. The van der Waals surface area contributed by atoms with Crippen molar-refractivity contribution in [2.45, 2.75) is 18.5 Å². The number of ether oxygens (including phenoxy) is 1. The van der Waals surface area contributed by atoms with E-state index in [0.29, 0.717) is 11.3 Å². The van der Waals surface area contributed by atoms with Crippen LogP contribution in [0.3, 0.4) is 0 Å². The van der Waals surface area contributed by atoms with Crippen LogP contribution >= 0.6 is 0 Å². The van der Waals surface area contributed by atoms with Crippen molar-refractivity contribution < 1.29 is 42.1 Å². The van der Waals surface area contributed by atoms with Gasteiger partial charge in [0, 0.05) is 11.6 Å². The quantitative estimate of drug-likeness (QED) is 0.117. The van der Waals surface area contributed by atoms with E-state index >= 15 is 4.39 Å². The van der Waals surface area contributed by atoms with E-state index in [1.807, 2.05) is 0 Å². The number of hydrogen-bond acceptors (Lipinski definition) is 6. The van der Waals surface area contributed by atoms with Gasteiger partial charge in [0.2, 0.25) is 0 Å². The molecule has 0 aliphatic heterocycles. The Morgan fingerprint density at radius 3 is 2.24 bits per heavy atom. The minimum Gasteiger partial charge on any atom is -0.497 e. The van der Waals surface area contributed by atoms with Crippen molar-refractivity contribution in [3.8, 4) is 11.4 Å². The van der Waals surface area contributed by atoms with Crippen LogP contribution in [0.1, 0.15) is 38.8 Å². The highest BCUT2D eigenvalue weighted by Crippen LogP contribution is 2.30. The average Bonchev–Trinajstić information content (AvgIpc) is 3.32. The number of nitrogens with one attached hydrogen (secondary N) is 2. The number of rotatable bonds is 8. The molecule has 220 valence electrons. The van der Waals surface area contributed by atoms with Gasteiger partial charge in [-0.3, -0.25) is 10.4 Å². The highest BCUT2D eigenvalue weighted by Gasteiger charge is 2.38. The van der Waals surface area contributed by atoms with Gasteiger partial charge in [0.15, 0.2) is 0 Å². The van der Waals surface area contributed by atoms with Crippen LogP contribution in [0.4, 0.5) is 17.6 Å². The van der Waals surface area contributed by atoms with Crippen molar-refractivity contribution in [3.05, 3.63) is 111 Å². The Morgan fingerprint density at radius 2 is 1.71 bits per heavy atom. The van der Waals surface area contributed by atoms with E-state index < -0.39 is 35.5 Å². The van der Waals surface area contributed by atoms with Crippen LogP contribution in [0.15, 0.2) is 71.5 Å². The maximum atomic E-state index is 15.1. The molecule has 0 saturated carbocycles. The summed E-state index contributed by atoms with van der Waals surface area (Å²) in [7, 11) is 1.43. The number of aliphatic carboxylic acids is 1. The topological polar surface area (TPSA) is 184 Å². The van der Waals surface area contributed by atoms with E-state index in [-0.39, 0.29) is 34.9 Å². The third-order valence-electron chi connectivity index (χ3n) is 5.86. The van der Waals surface area contributed by atoms with Gasteiger partial charge in [0.1, 0.15) is 23.2 Å². The van der Waals surface area contributed by atoms with E-state index in [9.17, 15) is 27.9 Å². The Hall–Kier alpha value is -5.47. The molecule has 0 amide bonds. The molecule has 3 aromatic carbocycles. The normalized spacial score (nSPS) is 11.6. The summed E-state index contributed by atoms with van der Waals surface area (Å²) >= 11 is 0. The molecule has 4 rings (SSSR count). The Labute approximate surface area is 234 Å². The molecule has 0 bridgehead atoms. The van der Waals surface area contributed by atoms with Crippen molar-refractivity contribution in [2.75, 3.05) is 7.11 Å². The standard InChI is InChI=1S/C25H22FN5O4.C2HF3O2/c1-35-16-10-11-17(20(26)13-16)19(12-14-6-8-15(9-7-14)22(27)28)23-29-25(34)31(30-23)21-5-3-2-4-18(21)24(32)33;3-2(4,5)1(6)7/h2-11,13,19H,12H2,1H3,(H3,27,28)(H,32,33)(H,29,30,34);(H,6,7). The van der Waals surface area contributed by atoms with Crippen molar-refractivity contribution in [1.29, 1.82) is 5.41 Å². The number of carboxylic acid groups (broad SMARTS) is 2. The SMILES string of the molecule is COc1ccc(C(Cc2ccc(C(=N)N)cc2)c2nn(-c3ccccc3C(=O)O)c(=O)[nH]2)c(F)c1.O=C(O)C(F)(F)F. The lowest BCUT2D eigenvalue weighted by Crippen LogP contribution is -2.21. The minimum absolute atomic E-state index is 0.0746. The lowest BCUT2D eigenvalue weighted by Gasteiger charge is -2.17. The molecule has 42 heavy (non-hydrogen) atoms. The second-order valence-corrected chi connectivity index (χ2v) is 8.61. The van der Waals surface area contributed by atoms with Gasteiger partial charge in [0.05, 0.1) is 24.3 Å². The first-order valence-corrected chi connectivity index (χ1v) is 11.8. The summed E-state index contributed by atoms with van der Waals surface area (Å²) < 4.78 is 52.9. The van der Waals surface area contributed by atoms with Gasteiger partial charge in [-0.15, -0.1) is 5.10 Å². The highest BCUT2D eigenvalue weighted by molar-refractivity contribution is 5.94. The number of amidine groups is 1. The van der Waals surface area contributed by atoms with Crippen LogP contribution in [-0.4, -0.2) is 56.0 Å². The number of halogens is 4. The van der Waals surface area contributed by atoms with Crippen molar-refractivity contribution in [3.63, 3.8) is 0 Å². The average molecular weight is 590 g/mol. The summed E-state index contributed by atoms with van der Waals surface area (Å²) in [5.41, 5.74) is 6.48. The Balaban J connectivity index is 0.000000616. The van der Waals surface area contributed by atoms with Crippen molar-refractivity contribution in [2.24, 2.45) is 5.73 Å². The zero-order valence-electron chi connectivity index (χ0n) is 21.6. The van der Waals surface area contributed by atoms with E-state index in [0.717, 1.165) is 10.2 Å². The number of aromatic carboxylic acids is 1. The molecule has 4 aromatic rings. The predicted octanol–water partition coefficient (Wildman–Crippen LogP) is 3.70. The molecule has 0 fully saturated rings. The van der Waals surface area contributed by atoms with Crippen molar-refractivity contribution in [1.82, 2.24) is 14.8 Å². The summed E-state index contributed by atoms with van der Waals surface area (Å²) in [6, 6.07) is 17.3. The van der Waals surface area contributed by atoms with Crippen LogP contribution in [0.2, 0.25) is 0 Å². The summed E-state index contributed by atoms with van der Waals surface area (Å²) in [6.45, 7) is 0. The first-order chi connectivity index (χ1) is 19.7. The number of alkyl halides is 3. The number of nitrogens with zero attached hydrogens (tertiary/aromatic N) is 2. The predicted molar refractivity (Wildman–Crippen MR) is 141 cm³/mol. The monoisotopic (exact) mass is 589 g/mol. The molecule has 0 radical (unpaired) electrons. The molecular formula is C27H23F4N5O6. The second kappa shape index (κ2) is 12.8. The van der Waals surface area contributed by atoms with E-state index in [4.69, 9.17) is 25.8 Å². The molecule has 15 heteroatoms. The van der Waals surface area contributed by atoms with Crippen molar-refractivity contribution >= 4 is 17.8 Å². The maximum absolute atomic E-state index is 15.1. The lowest BCUT2D eigenvalue weighted by molar-refractivity contribution is -0.192. The largest absolute Gasteiger partial charge is 0.497 e. The zero-order chi connectivity index (χ0) is 31.2. The third-order valence-corrected chi connectivity index (χ3v) is 5.86. The second-order valence-electron chi connectivity index (χ2n) is 8.61. The molecule has 6 N–H and O–H groups in total. The van der Waals surface area contributed by atoms with E-state index in [2.05, 4.69) is 10.1 Å². The molecule has 0 aliphatic carbocycles. The lowest BCUT2D eigenvalue weighted by atomic mass is 9.90. The van der Waals surface area contributed by atoms with Gasteiger partial charge in [0.25, 0.3) is 0 Å². The summed E-state index contributed by atoms with van der Waals surface area (Å²) in [5.74, 6) is -4.80. The molecule has 1 heterocycles. The fourth-order valence-electron chi connectivity index (χ4n) is 3.83. The number of carbonyl (C=O) groups is 2. The Bertz CT molecular complexity index is 1660. The van der Waals surface area contributed by atoms with Crippen LogP contribution < -0.4 is 16.2 Å². The molecule has 0 aliphatic rings. The summed E-state index contributed by atoms with van der Waals surface area (Å²) in [6.07, 6.45) is -4.82. The first-order valence-electron chi connectivity index (χ1n) is 11.8. The van der Waals surface area contributed by atoms with Gasteiger partial charge in [-0.05, 0) is 35.7 Å². The molecule has 11 nitrogen and oxygen atoms in total. The molecule has 1 aromatic heterocycles. The van der Waals surface area contributed by atoms with Crippen LogP contribution in [-0.2, 0) is 11.2 Å². The van der Waals surface area contributed by atoms with Gasteiger partial charge in [-0.2, -0.15) is 17.9 Å². The van der Waals surface area contributed by atoms with Gasteiger partial charge in [-0.25, -0.2) is 18.8 Å². The highest BCUT2D eigenvalue weighted by atomic mass is 19.4. The molecule has 1 unspecified atom stereocenters. The molecule has 1 atom stereocenters. The molecular weight excluding hydrogens is 566 g/mol. The van der Waals surface area contributed by atoms with Crippen LogP contribution in [0.25, 0.3) is 5.69 Å². The zero-order valence-corrected chi connectivity index (χ0v) is 21.6. The fraction of sp³-hybridized carbons (Fsp3) is 0.148. The number of hydrogen-bond donors (Lipinski definition) is 5. The fourth-order valence-corrected chi connectivity index (χ4v) is 3.83.